The van der Waals surface area contributed by atoms with Crippen LogP contribution in [-0.4, -0.2) is 0 Å². The summed E-state index contributed by atoms with van der Waals surface area (Å²) >= 11 is 0. The smallest absolute Gasteiger partial charge is 0.00890 e. The van der Waals surface area contributed by atoms with Crippen molar-refractivity contribution in [3.8, 4) is 11.8 Å². The van der Waals surface area contributed by atoms with Crippen LogP contribution in [0.15, 0.2) is 0 Å². The van der Waals surface area contributed by atoms with Crippen molar-refractivity contribution < 1.29 is 0 Å². The monoisotopic (exact) mass is 192 g/mol. The molecule has 0 aliphatic heterocycles. The molecule has 0 unspecified atom stereocenters. The normalized spacial score (nSPS) is 9.57. The molecular weight excluding hydrogens is 168 g/mol. The predicted molar refractivity (Wildman–Crippen MR) is 64.7 cm³/mol. The first-order valence-electron chi connectivity index (χ1n) is 5.96. The highest BCUT2D eigenvalue weighted by molar-refractivity contribution is 4.98. The Labute approximate surface area is 90.5 Å². The number of rotatable bonds is 8. The van der Waals surface area contributed by atoms with Crippen LogP contribution in [0.2, 0.25) is 0 Å². The first kappa shape index (κ1) is 13.6. The summed E-state index contributed by atoms with van der Waals surface area (Å²) in [5.74, 6) is 6.12. The average molecular weight is 192 g/mol. The summed E-state index contributed by atoms with van der Waals surface area (Å²) in [6.07, 6.45) is 12.4. The maximum atomic E-state index is 3.84. The van der Waals surface area contributed by atoms with Gasteiger partial charge in [-0.3, -0.25) is 0 Å². The Bertz CT molecular complexity index is 147. The van der Waals surface area contributed by atoms with Gasteiger partial charge in [-0.1, -0.05) is 51.9 Å². The topological polar surface area (TPSA) is 0 Å². The Hall–Kier alpha value is -0.440. The fourth-order valence-electron chi connectivity index (χ4n) is 1.45. The molecule has 14 heavy (non-hydrogen) atoms. The van der Waals surface area contributed by atoms with Gasteiger partial charge in [0.15, 0.2) is 0 Å². The number of unbranched alkanes of at least 4 members (excludes halogenated alkanes) is 8. The lowest BCUT2D eigenvalue weighted by Gasteiger charge is -1.99. The third kappa shape index (κ3) is 11.6. The van der Waals surface area contributed by atoms with Gasteiger partial charge in [0, 0.05) is 12.8 Å². The van der Waals surface area contributed by atoms with Gasteiger partial charge in [0.25, 0.3) is 0 Å². The highest BCUT2D eigenvalue weighted by atomic mass is 14.0. The lowest BCUT2D eigenvalue weighted by molar-refractivity contribution is 0.585. The van der Waals surface area contributed by atoms with Crippen LogP contribution in [0.3, 0.4) is 0 Å². The van der Waals surface area contributed by atoms with E-state index in [9.17, 15) is 0 Å². The SMILES string of the molecule is [CH2]CC#CCCCCCCCCC[CH2]. The second kappa shape index (κ2) is 12.6. The highest BCUT2D eigenvalue weighted by Gasteiger charge is 1.89. The zero-order valence-corrected chi connectivity index (χ0v) is 9.49. The third-order valence-corrected chi connectivity index (χ3v) is 2.30. The largest absolute Gasteiger partial charge is 0.103 e. The molecule has 0 aromatic rings. The van der Waals surface area contributed by atoms with E-state index in [-0.39, 0.29) is 0 Å². The maximum Gasteiger partial charge on any atom is 0.00890 e. The van der Waals surface area contributed by atoms with Crippen molar-refractivity contribution in [1.82, 2.24) is 0 Å². The summed E-state index contributed by atoms with van der Waals surface area (Å²) in [5.41, 5.74) is 0. The summed E-state index contributed by atoms with van der Waals surface area (Å²) in [6, 6.07) is 0. The van der Waals surface area contributed by atoms with E-state index in [0.29, 0.717) is 0 Å². The maximum absolute atomic E-state index is 3.84. The molecule has 0 amide bonds. The van der Waals surface area contributed by atoms with Crippen molar-refractivity contribution in [2.75, 3.05) is 0 Å². The summed E-state index contributed by atoms with van der Waals surface area (Å²) in [5, 5.41) is 0. The van der Waals surface area contributed by atoms with Gasteiger partial charge >= 0.3 is 0 Å². The van der Waals surface area contributed by atoms with Crippen LogP contribution < -0.4 is 0 Å². The quantitative estimate of drug-likeness (QED) is 0.390. The molecule has 0 spiro atoms. The van der Waals surface area contributed by atoms with Gasteiger partial charge in [-0.05, 0) is 13.3 Å². The molecule has 0 atom stereocenters. The van der Waals surface area contributed by atoms with E-state index >= 15 is 0 Å². The van der Waals surface area contributed by atoms with Gasteiger partial charge < -0.3 is 0 Å². The molecule has 0 nitrogen and oxygen atoms in total. The Morgan fingerprint density at radius 3 is 1.79 bits per heavy atom. The van der Waals surface area contributed by atoms with Crippen molar-refractivity contribution in [2.45, 2.75) is 64.2 Å². The van der Waals surface area contributed by atoms with E-state index in [0.717, 1.165) is 19.3 Å². The van der Waals surface area contributed by atoms with Crippen LogP contribution in [0.4, 0.5) is 0 Å². The first-order valence-corrected chi connectivity index (χ1v) is 5.96. The molecule has 0 fully saturated rings. The fraction of sp³-hybridized carbons (Fsp3) is 0.714. The summed E-state index contributed by atoms with van der Waals surface area (Å²) in [6.45, 7) is 7.52. The minimum absolute atomic E-state index is 0.755. The molecule has 0 heteroatoms. The Morgan fingerprint density at radius 2 is 1.21 bits per heavy atom. The lowest BCUT2D eigenvalue weighted by Crippen LogP contribution is -1.80. The standard InChI is InChI=1S/C14H24/c1-3-5-7-9-11-13-14-12-10-8-6-4-2/h1-5,7,9-14H2. The molecule has 0 aliphatic carbocycles. The highest BCUT2D eigenvalue weighted by Crippen LogP contribution is 2.08. The molecule has 0 heterocycles. The second-order valence-electron chi connectivity index (χ2n) is 3.68. The Kier molecular flexibility index (Phi) is 12.2. The fourth-order valence-corrected chi connectivity index (χ4v) is 1.45. The van der Waals surface area contributed by atoms with Crippen LogP contribution in [-0.2, 0) is 0 Å². The molecule has 0 aromatic carbocycles. The molecule has 0 aliphatic rings. The van der Waals surface area contributed by atoms with E-state index in [1.54, 1.807) is 0 Å². The molecule has 0 rings (SSSR count). The zero-order valence-electron chi connectivity index (χ0n) is 9.49. The van der Waals surface area contributed by atoms with E-state index in [1.807, 2.05) is 0 Å². The Morgan fingerprint density at radius 1 is 0.643 bits per heavy atom. The Balaban J connectivity index is 2.92. The van der Waals surface area contributed by atoms with Crippen molar-refractivity contribution in [3.63, 3.8) is 0 Å². The predicted octanol–water partition coefficient (Wildman–Crippen LogP) is 4.56. The van der Waals surface area contributed by atoms with Gasteiger partial charge in [-0.2, -0.15) is 0 Å². The van der Waals surface area contributed by atoms with Gasteiger partial charge in [0.2, 0.25) is 0 Å². The van der Waals surface area contributed by atoms with Crippen LogP contribution >= 0.6 is 0 Å². The molecule has 0 bridgehead atoms. The van der Waals surface area contributed by atoms with E-state index in [2.05, 4.69) is 25.7 Å². The van der Waals surface area contributed by atoms with Gasteiger partial charge in [0.1, 0.15) is 0 Å². The molecule has 0 N–H and O–H groups in total. The molecule has 80 valence electrons. The van der Waals surface area contributed by atoms with Gasteiger partial charge in [-0.25, -0.2) is 0 Å². The van der Waals surface area contributed by atoms with E-state index < -0.39 is 0 Å². The van der Waals surface area contributed by atoms with Crippen LogP contribution in [0, 0.1) is 25.7 Å². The molecule has 0 saturated heterocycles. The summed E-state index contributed by atoms with van der Waals surface area (Å²) < 4.78 is 0. The number of hydrogen-bond acceptors (Lipinski definition) is 0. The van der Waals surface area contributed by atoms with Crippen molar-refractivity contribution >= 4 is 0 Å². The zero-order chi connectivity index (χ0) is 10.5. The number of hydrogen-bond donors (Lipinski definition) is 0. The third-order valence-electron chi connectivity index (χ3n) is 2.30. The van der Waals surface area contributed by atoms with Crippen molar-refractivity contribution in [3.05, 3.63) is 13.8 Å². The minimum Gasteiger partial charge on any atom is -0.103 e. The average Bonchev–Trinajstić information content (AvgIpc) is 2.21. The lowest BCUT2D eigenvalue weighted by atomic mass is 10.1. The summed E-state index contributed by atoms with van der Waals surface area (Å²) in [4.78, 5) is 0. The van der Waals surface area contributed by atoms with E-state index in [1.165, 1.54) is 44.9 Å². The van der Waals surface area contributed by atoms with Crippen LogP contribution in [0.1, 0.15) is 64.2 Å². The minimum atomic E-state index is 0.755. The first-order chi connectivity index (χ1) is 6.91. The van der Waals surface area contributed by atoms with Crippen LogP contribution in [0.25, 0.3) is 0 Å². The van der Waals surface area contributed by atoms with E-state index in [4.69, 9.17) is 0 Å². The van der Waals surface area contributed by atoms with Crippen molar-refractivity contribution in [2.24, 2.45) is 0 Å². The molecule has 0 aromatic heterocycles. The molecule has 2 radical (unpaired) electrons. The van der Waals surface area contributed by atoms with Gasteiger partial charge in [0.05, 0.1) is 0 Å². The van der Waals surface area contributed by atoms with Crippen LogP contribution in [0.5, 0.6) is 0 Å². The molecule has 0 saturated carbocycles. The van der Waals surface area contributed by atoms with Crippen molar-refractivity contribution in [1.29, 1.82) is 0 Å². The molecular formula is C14H24. The second-order valence-corrected chi connectivity index (χ2v) is 3.68. The summed E-state index contributed by atoms with van der Waals surface area (Å²) in [7, 11) is 0. The van der Waals surface area contributed by atoms with Gasteiger partial charge in [-0.15, -0.1) is 11.8 Å².